The lowest BCUT2D eigenvalue weighted by molar-refractivity contribution is 0.325. The minimum atomic E-state index is -3.37. The molecule has 4 nitrogen and oxygen atoms in total. The van der Waals surface area contributed by atoms with Gasteiger partial charge in [-0.3, -0.25) is 4.18 Å². The third-order valence-electron chi connectivity index (χ3n) is 1.92. The molecule has 0 amide bonds. The van der Waals surface area contributed by atoms with Crippen LogP contribution in [0.25, 0.3) is 0 Å². The van der Waals surface area contributed by atoms with Crippen LogP contribution in [0.1, 0.15) is 5.56 Å². The molecular formula is C10H13BrO4S. The summed E-state index contributed by atoms with van der Waals surface area (Å²) in [4.78, 5) is 0. The molecule has 0 spiro atoms. The molecule has 0 heterocycles. The summed E-state index contributed by atoms with van der Waals surface area (Å²) in [5.41, 5.74) is 0.947. The first-order chi connectivity index (χ1) is 7.42. The van der Waals surface area contributed by atoms with Crippen LogP contribution in [0.2, 0.25) is 0 Å². The minimum absolute atomic E-state index is 0.130. The van der Waals surface area contributed by atoms with Crippen LogP contribution in [-0.4, -0.2) is 28.4 Å². The van der Waals surface area contributed by atoms with Gasteiger partial charge in [-0.25, -0.2) is 0 Å². The van der Waals surface area contributed by atoms with Gasteiger partial charge in [0.2, 0.25) is 0 Å². The molecule has 0 saturated carbocycles. The molecule has 0 aliphatic rings. The van der Waals surface area contributed by atoms with Crippen LogP contribution >= 0.6 is 15.9 Å². The highest BCUT2D eigenvalue weighted by Crippen LogP contribution is 2.22. The van der Waals surface area contributed by atoms with Gasteiger partial charge in [0, 0.05) is 4.47 Å². The molecule has 0 aliphatic heterocycles. The smallest absolute Gasteiger partial charge is 0.264 e. The van der Waals surface area contributed by atoms with E-state index in [9.17, 15) is 8.42 Å². The van der Waals surface area contributed by atoms with Crippen molar-refractivity contribution in [3.8, 4) is 5.75 Å². The minimum Gasteiger partial charge on any atom is -0.497 e. The van der Waals surface area contributed by atoms with Crippen molar-refractivity contribution in [2.24, 2.45) is 0 Å². The zero-order valence-electron chi connectivity index (χ0n) is 9.07. The topological polar surface area (TPSA) is 52.6 Å². The standard InChI is InChI=1S/C10H13BrO4S/c1-14-9-3-4-10(11)8(7-9)5-6-15-16(2,12)13/h3-4,7H,5-6H2,1-2H3. The Morgan fingerprint density at radius 2 is 2.06 bits per heavy atom. The Morgan fingerprint density at radius 1 is 1.38 bits per heavy atom. The van der Waals surface area contributed by atoms with Crippen molar-refractivity contribution in [2.45, 2.75) is 6.42 Å². The number of halogens is 1. The fourth-order valence-electron chi connectivity index (χ4n) is 1.17. The normalized spacial score (nSPS) is 11.4. The highest BCUT2D eigenvalue weighted by molar-refractivity contribution is 9.10. The Labute approximate surface area is 104 Å². The summed E-state index contributed by atoms with van der Waals surface area (Å²) in [7, 11) is -1.79. The molecule has 1 rings (SSSR count). The first-order valence-corrected chi connectivity index (χ1v) is 7.20. The Bertz CT molecular complexity index is 456. The zero-order chi connectivity index (χ0) is 12.2. The highest BCUT2D eigenvalue weighted by atomic mass is 79.9. The van der Waals surface area contributed by atoms with Crippen molar-refractivity contribution in [1.82, 2.24) is 0 Å². The molecule has 0 radical (unpaired) electrons. The number of ether oxygens (including phenoxy) is 1. The van der Waals surface area contributed by atoms with Gasteiger partial charge in [-0.15, -0.1) is 0 Å². The van der Waals surface area contributed by atoms with Gasteiger partial charge in [-0.05, 0) is 30.2 Å². The summed E-state index contributed by atoms with van der Waals surface area (Å²) in [6.45, 7) is 0.130. The molecule has 0 saturated heterocycles. The van der Waals surface area contributed by atoms with Crippen LogP contribution in [0.3, 0.4) is 0 Å². The lowest BCUT2D eigenvalue weighted by atomic mass is 10.1. The summed E-state index contributed by atoms with van der Waals surface area (Å²) >= 11 is 3.38. The van der Waals surface area contributed by atoms with Crippen molar-refractivity contribution in [2.75, 3.05) is 20.0 Å². The monoisotopic (exact) mass is 308 g/mol. The predicted molar refractivity (Wildman–Crippen MR) is 65.2 cm³/mol. The Balaban J connectivity index is 2.66. The first-order valence-electron chi connectivity index (χ1n) is 4.59. The Hall–Kier alpha value is -0.590. The fourth-order valence-corrected chi connectivity index (χ4v) is 2.00. The van der Waals surface area contributed by atoms with Gasteiger partial charge in [-0.1, -0.05) is 15.9 Å². The molecule has 0 N–H and O–H groups in total. The van der Waals surface area contributed by atoms with Crippen molar-refractivity contribution in [1.29, 1.82) is 0 Å². The quantitative estimate of drug-likeness (QED) is 0.781. The second kappa shape index (κ2) is 5.65. The number of hydrogen-bond acceptors (Lipinski definition) is 4. The Morgan fingerprint density at radius 3 is 2.62 bits per heavy atom. The highest BCUT2D eigenvalue weighted by Gasteiger charge is 2.05. The summed E-state index contributed by atoms with van der Waals surface area (Å²) in [5, 5.41) is 0. The van der Waals surface area contributed by atoms with Crippen LogP contribution in [0.5, 0.6) is 5.75 Å². The van der Waals surface area contributed by atoms with E-state index in [2.05, 4.69) is 20.1 Å². The van der Waals surface area contributed by atoms with Crippen molar-refractivity contribution in [3.05, 3.63) is 28.2 Å². The first kappa shape index (κ1) is 13.5. The molecule has 0 atom stereocenters. The van der Waals surface area contributed by atoms with Gasteiger partial charge in [-0.2, -0.15) is 8.42 Å². The van der Waals surface area contributed by atoms with Crippen LogP contribution in [0.15, 0.2) is 22.7 Å². The van der Waals surface area contributed by atoms with Crippen LogP contribution in [0.4, 0.5) is 0 Å². The van der Waals surface area contributed by atoms with Crippen LogP contribution in [-0.2, 0) is 20.7 Å². The summed E-state index contributed by atoms with van der Waals surface area (Å²) < 4.78 is 32.2. The molecule has 1 aromatic rings. The molecule has 0 bridgehead atoms. The second-order valence-corrected chi connectivity index (χ2v) is 5.73. The maximum Gasteiger partial charge on any atom is 0.264 e. The average Bonchev–Trinajstić information content (AvgIpc) is 2.19. The molecule has 90 valence electrons. The lowest BCUT2D eigenvalue weighted by Gasteiger charge is -2.07. The number of rotatable bonds is 5. The largest absolute Gasteiger partial charge is 0.497 e. The van der Waals surface area contributed by atoms with Gasteiger partial charge in [0.1, 0.15) is 5.75 Å². The van der Waals surface area contributed by atoms with E-state index in [0.717, 1.165) is 22.0 Å². The zero-order valence-corrected chi connectivity index (χ0v) is 11.5. The number of methoxy groups -OCH3 is 1. The van der Waals surface area contributed by atoms with Gasteiger partial charge < -0.3 is 4.74 Å². The van der Waals surface area contributed by atoms with Crippen molar-refractivity contribution < 1.29 is 17.3 Å². The SMILES string of the molecule is COc1ccc(Br)c(CCOS(C)(=O)=O)c1. The molecule has 6 heteroatoms. The summed E-state index contributed by atoms with van der Waals surface area (Å²) in [6.07, 6.45) is 1.54. The molecule has 1 aromatic carbocycles. The van der Waals surface area contributed by atoms with E-state index < -0.39 is 10.1 Å². The summed E-state index contributed by atoms with van der Waals surface area (Å²) in [5.74, 6) is 0.734. The van der Waals surface area contributed by atoms with E-state index in [1.165, 1.54) is 0 Å². The number of hydrogen-bond donors (Lipinski definition) is 0. The number of benzene rings is 1. The van der Waals surface area contributed by atoms with E-state index in [-0.39, 0.29) is 6.61 Å². The molecule has 0 aromatic heterocycles. The van der Waals surface area contributed by atoms with Crippen molar-refractivity contribution in [3.63, 3.8) is 0 Å². The predicted octanol–water partition coefficient (Wildman–Crippen LogP) is 1.98. The van der Waals surface area contributed by atoms with Crippen LogP contribution in [0, 0.1) is 0 Å². The lowest BCUT2D eigenvalue weighted by Crippen LogP contribution is -2.06. The molecule has 0 unspecified atom stereocenters. The Kier molecular flexibility index (Phi) is 4.76. The van der Waals surface area contributed by atoms with Gasteiger partial charge >= 0.3 is 0 Å². The maximum absolute atomic E-state index is 10.8. The summed E-state index contributed by atoms with van der Waals surface area (Å²) in [6, 6.07) is 5.52. The van der Waals surface area contributed by atoms with Crippen molar-refractivity contribution >= 4 is 26.0 Å². The maximum atomic E-state index is 10.8. The molecule has 16 heavy (non-hydrogen) atoms. The second-order valence-electron chi connectivity index (χ2n) is 3.23. The third-order valence-corrected chi connectivity index (χ3v) is 3.29. The van der Waals surface area contributed by atoms with E-state index >= 15 is 0 Å². The average molecular weight is 309 g/mol. The van der Waals surface area contributed by atoms with Gasteiger partial charge in [0.15, 0.2) is 0 Å². The third kappa shape index (κ3) is 4.51. The van der Waals surface area contributed by atoms with Gasteiger partial charge in [0.25, 0.3) is 10.1 Å². The molecular weight excluding hydrogens is 296 g/mol. The van der Waals surface area contributed by atoms with E-state index in [1.54, 1.807) is 7.11 Å². The fraction of sp³-hybridized carbons (Fsp3) is 0.400. The van der Waals surface area contributed by atoms with E-state index in [0.29, 0.717) is 6.42 Å². The van der Waals surface area contributed by atoms with Gasteiger partial charge in [0.05, 0.1) is 20.0 Å². The van der Waals surface area contributed by atoms with Crippen LogP contribution < -0.4 is 4.74 Å². The van der Waals surface area contributed by atoms with E-state index in [1.807, 2.05) is 18.2 Å². The molecule has 0 aliphatic carbocycles. The molecule has 0 fully saturated rings. The van der Waals surface area contributed by atoms with E-state index in [4.69, 9.17) is 4.74 Å².